The lowest BCUT2D eigenvalue weighted by atomic mass is 10.1. The van der Waals surface area contributed by atoms with Crippen LogP contribution in [0, 0.1) is 0 Å². The summed E-state index contributed by atoms with van der Waals surface area (Å²) in [6, 6.07) is 5.30. The van der Waals surface area contributed by atoms with Crippen molar-refractivity contribution in [1.82, 2.24) is 0 Å². The van der Waals surface area contributed by atoms with E-state index in [2.05, 4.69) is 83.1 Å². The zero-order valence-corrected chi connectivity index (χ0v) is 26.2. The van der Waals surface area contributed by atoms with Crippen LogP contribution >= 0.6 is 0 Å². The van der Waals surface area contributed by atoms with E-state index in [1.165, 1.54) is 43.4 Å². The van der Waals surface area contributed by atoms with Gasteiger partial charge in [-0.25, -0.2) is 0 Å². The van der Waals surface area contributed by atoms with E-state index in [-0.39, 0.29) is 35.0 Å². The third-order valence-corrected chi connectivity index (χ3v) is 7.06. The topological polar surface area (TPSA) is 36.9 Å². The fraction of sp³-hybridized carbons (Fsp3) is 1.00. The monoisotopic (exact) mass is 500 g/mol. The van der Waals surface area contributed by atoms with E-state index >= 15 is 0 Å². The third kappa shape index (κ3) is 25.2. The number of rotatable bonds is 16. The highest BCUT2D eigenvalue weighted by atomic mass is 28.2. The van der Waals surface area contributed by atoms with E-state index in [4.69, 9.17) is 18.9 Å². The van der Waals surface area contributed by atoms with Crippen molar-refractivity contribution in [3.8, 4) is 0 Å². The van der Waals surface area contributed by atoms with Gasteiger partial charge in [0.05, 0.1) is 22.4 Å². The molecule has 0 saturated heterocycles. The Morgan fingerprint density at radius 1 is 0.424 bits per heavy atom. The zero-order chi connectivity index (χ0) is 25.8. The van der Waals surface area contributed by atoms with Gasteiger partial charge in [-0.05, 0) is 95.9 Å². The predicted molar refractivity (Wildman–Crippen MR) is 145 cm³/mol. The molecule has 0 atom stereocenters. The fourth-order valence-corrected chi connectivity index (χ4v) is 5.85. The summed E-state index contributed by atoms with van der Waals surface area (Å²) in [6.45, 7) is 25.2. The van der Waals surface area contributed by atoms with Crippen LogP contribution in [0.4, 0.5) is 0 Å². The second-order valence-corrected chi connectivity index (χ2v) is 15.9. The van der Waals surface area contributed by atoms with E-state index in [0.717, 1.165) is 31.9 Å². The highest BCUT2D eigenvalue weighted by molar-refractivity contribution is 6.37. The molecule has 0 heterocycles. The van der Waals surface area contributed by atoms with Crippen molar-refractivity contribution in [3.63, 3.8) is 0 Å². The van der Waals surface area contributed by atoms with Crippen LogP contribution in [-0.4, -0.2) is 54.0 Å². The van der Waals surface area contributed by atoms with Gasteiger partial charge in [0.1, 0.15) is 0 Å². The van der Waals surface area contributed by atoms with Crippen molar-refractivity contribution in [1.29, 1.82) is 0 Å². The SMILES string of the molecule is CC(C)(C)OC(CCC[Si]CCC[Si]CCCC(OC(C)(C)C)OC(C)(C)C)OC(C)(C)C. The van der Waals surface area contributed by atoms with E-state index < -0.39 is 0 Å². The van der Waals surface area contributed by atoms with Crippen molar-refractivity contribution in [2.45, 2.75) is 174 Å². The molecule has 33 heavy (non-hydrogen) atoms. The van der Waals surface area contributed by atoms with E-state index in [9.17, 15) is 0 Å². The van der Waals surface area contributed by atoms with E-state index in [1.54, 1.807) is 0 Å². The van der Waals surface area contributed by atoms with Gasteiger partial charge in [0.2, 0.25) is 0 Å². The van der Waals surface area contributed by atoms with Crippen molar-refractivity contribution in [3.05, 3.63) is 0 Å². The van der Waals surface area contributed by atoms with E-state index in [0.29, 0.717) is 0 Å². The summed E-state index contributed by atoms with van der Waals surface area (Å²) in [6.07, 6.45) is 5.48. The molecule has 0 aliphatic carbocycles. The van der Waals surface area contributed by atoms with Crippen molar-refractivity contribution in [2.24, 2.45) is 0 Å². The Morgan fingerprint density at radius 2 is 0.667 bits per heavy atom. The smallest absolute Gasteiger partial charge is 0.158 e. The Bertz CT molecular complexity index is 408. The lowest BCUT2D eigenvalue weighted by molar-refractivity contribution is -0.236. The van der Waals surface area contributed by atoms with Gasteiger partial charge in [0, 0.05) is 19.0 Å². The quantitative estimate of drug-likeness (QED) is 0.122. The Morgan fingerprint density at radius 3 is 0.909 bits per heavy atom. The Labute approximate surface area is 212 Å². The van der Waals surface area contributed by atoms with Gasteiger partial charge in [-0.1, -0.05) is 43.4 Å². The molecule has 0 aliphatic heterocycles. The summed E-state index contributed by atoms with van der Waals surface area (Å²) in [5.74, 6) is 0. The summed E-state index contributed by atoms with van der Waals surface area (Å²) in [5, 5.41) is 0. The summed E-state index contributed by atoms with van der Waals surface area (Å²) in [4.78, 5) is 0. The molecule has 0 spiro atoms. The summed E-state index contributed by atoms with van der Waals surface area (Å²) in [5.41, 5.74) is -0.679. The zero-order valence-electron chi connectivity index (χ0n) is 24.2. The molecule has 0 aromatic heterocycles. The summed E-state index contributed by atoms with van der Waals surface area (Å²) < 4.78 is 24.5. The normalized spacial score (nSPS) is 14.0. The average Bonchev–Trinajstić information content (AvgIpc) is 2.53. The molecule has 0 aromatic carbocycles. The Balaban J connectivity index is 3.93. The van der Waals surface area contributed by atoms with Crippen LogP contribution in [0.2, 0.25) is 24.2 Å². The maximum absolute atomic E-state index is 6.13. The lowest BCUT2D eigenvalue weighted by Gasteiger charge is -2.32. The maximum Gasteiger partial charge on any atom is 0.158 e. The molecular weight excluding hydrogens is 444 g/mol. The van der Waals surface area contributed by atoms with Crippen molar-refractivity contribution >= 4 is 19.0 Å². The molecule has 0 amide bonds. The first-order valence-electron chi connectivity index (χ1n) is 13.0. The first-order valence-corrected chi connectivity index (χ1v) is 15.8. The van der Waals surface area contributed by atoms with Gasteiger partial charge in [-0.15, -0.1) is 0 Å². The molecule has 0 N–H and O–H groups in total. The molecule has 0 aliphatic rings. The summed E-state index contributed by atoms with van der Waals surface area (Å²) >= 11 is 0. The van der Waals surface area contributed by atoms with Crippen LogP contribution in [-0.2, 0) is 18.9 Å². The second-order valence-electron chi connectivity index (χ2n) is 12.9. The lowest BCUT2D eigenvalue weighted by Crippen LogP contribution is -2.35. The first kappa shape index (κ1) is 33.3. The average molecular weight is 501 g/mol. The van der Waals surface area contributed by atoms with Crippen LogP contribution in [0.3, 0.4) is 0 Å². The van der Waals surface area contributed by atoms with Gasteiger partial charge in [-0.3, -0.25) is 0 Å². The molecule has 4 radical (unpaired) electrons. The molecule has 196 valence electrons. The highest BCUT2D eigenvalue weighted by Crippen LogP contribution is 2.23. The Kier molecular flexibility index (Phi) is 15.5. The molecule has 0 rings (SSSR count). The molecule has 6 heteroatoms. The highest BCUT2D eigenvalue weighted by Gasteiger charge is 2.25. The van der Waals surface area contributed by atoms with Gasteiger partial charge in [0.15, 0.2) is 12.6 Å². The van der Waals surface area contributed by atoms with Crippen LogP contribution in [0.15, 0.2) is 0 Å². The molecular formula is C27H56O4Si2. The minimum Gasteiger partial charge on any atom is -0.347 e. The first-order chi connectivity index (χ1) is 14.9. The van der Waals surface area contributed by atoms with Gasteiger partial charge in [-0.2, -0.15) is 0 Å². The molecule has 0 unspecified atom stereocenters. The summed E-state index contributed by atoms with van der Waals surface area (Å²) in [7, 11) is 2.11. The van der Waals surface area contributed by atoms with Crippen LogP contribution < -0.4 is 0 Å². The third-order valence-electron chi connectivity index (χ3n) is 4.23. The minimum absolute atomic E-state index is 0.107. The molecule has 0 saturated carbocycles. The largest absolute Gasteiger partial charge is 0.347 e. The fourth-order valence-electron chi connectivity index (χ4n) is 3.24. The molecule has 0 aromatic rings. The van der Waals surface area contributed by atoms with Gasteiger partial charge >= 0.3 is 0 Å². The van der Waals surface area contributed by atoms with Crippen LogP contribution in [0.1, 0.15) is 115 Å². The van der Waals surface area contributed by atoms with E-state index in [1.807, 2.05) is 0 Å². The van der Waals surface area contributed by atoms with Crippen LogP contribution in [0.5, 0.6) is 0 Å². The maximum atomic E-state index is 6.13. The van der Waals surface area contributed by atoms with Gasteiger partial charge < -0.3 is 18.9 Å². The van der Waals surface area contributed by atoms with Crippen LogP contribution in [0.25, 0.3) is 0 Å². The van der Waals surface area contributed by atoms with Gasteiger partial charge in [0.25, 0.3) is 0 Å². The standard InChI is InChI=1S/C27H56O4Si2/c1-24(2,3)28-22(29-25(4,5)6)16-13-18-32-20-15-21-33-19-14-17-23(30-26(7,8)9)31-27(10,11)12/h22-23H,13-21H2,1-12H3. The second kappa shape index (κ2) is 15.4. The Hall–Kier alpha value is 0.274. The number of hydrogen-bond acceptors (Lipinski definition) is 4. The molecule has 0 bridgehead atoms. The number of hydrogen-bond donors (Lipinski definition) is 0. The molecule has 4 nitrogen and oxygen atoms in total. The van der Waals surface area contributed by atoms with Crippen molar-refractivity contribution in [2.75, 3.05) is 0 Å². The van der Waals surface area contributed by atoms with Crippen molar-refractivity contribution < 1.29 is 18.9 Å². The minimum atomic E-state index is -0.170. The predicted octanol–water partition coefficient (Wildman–Crippen LogP) is 7.93. The molecule has 0 fully saturated rings. The number of ether oxygens (including phenoxy) is 4.